The maximum Gasteiger partial charge on any atom is 0.341 e. The van der Waals surface area contributed by atoms with Crippen molar-refractivity contribution in [2.24, 2.45) is 0 Å². The van der Waals surface area contributed by atoms with Crippen LogP contribution in [0.1, 0.15) is 30.0 Å². The minimum absolute atomic E-state index is 0.156. The van der Waals surface area contributed by atoms with E-state index in [-0.39, 0.29) is 6.10 Å². The fourth-order valence-corrected chi connectivity index (χ4v) is 1.81. The number of anilines is 1. The normalized spacial score (nSPS) is 10.5. The maximum atomic E-state index is 11.3. The molecule has 0 radical (unpaired) electrons. The first-order valence-corrected chi connectivity index (χ1v) is 6.75. The number of esters is 1. The summed E-state index contributed by atoms with van der Waals surface area (Å²) in [7, 11) is 1.34. The van der Waals surface area contributed by atoms with E-state index in [1.807, 2.05) is 38.1 Å². The van der Waals surface area contributed by atoms with Gasteiger partial charge in [-0.3, -0.25) is 0 Å². The number of benzene rings is 1. The zero-order chi connectivity index (χ0) is 15.2. The molecule has 0 aliphatic heterocycles. The summed E-state index contributed by atoms with van der Waals surface area (Å²) in [5.74, 6) is 1.10. The highest BCUT2D eigenvalue weighted by atomic mass is 16.5. The van der Waals surface area contributed by atoms with Crippen LogP contribution in [0.3, 0.4) is 0 Å². The molecule has 0 atom stereocenters. The second-order valence-electron chi connectivity index (χ2n) is 4.84. The maximum absolute atomic E-state index is 11.3. The molecule has 0 saturated heterocycles. The molecular weight excluding hydrogens is 270 g/mol. The quantitative estimate of drug-likeness (QED) is 0.825. The second kappa shape index (κ2) is 6.83. The number of hydrogen-bond acceptors (Lipinski definition) is 5. The van der Waals surface area contributed by atoms with Crippen molar-refractivity contribution >= 4 is 11.7 Å². The Morgan fingerprint density at radius 1 is 1.29 bits per heavy atom. The van der Waals surface area contributed by atoms with Gasteiger partial charge in [0, 0.05) is 5.69 Å². The summed E-state index contributed by atoms with van der Waals surface area (Å²) in [6, 6.07) is 9.34. The molecule has 0 spiro atoms. The molecule has 0 aliphatic rings. The monoisotopic (exact) mass is 289 g/mol. The van der Waals surface area contributed by atoms with Gasteiger partial charge in [0.05, 0.1) is 25.3 Å². The van der Waals surface area contributed by atoms with Crippen molar-refractivity contribution in [3.8, 4) is 5.75 Å². The van der Waals surface area contributed by atoms with Gasteiger partial charge >= 0.3 is 5.97 Å². The standard InChI is InChI=1S/C16H19NO4/c1-11(2)21-14-6-4-13(5-7-14)17-9-15-8-12(10-20-15)16(18)19-3/h4-8,10-11,17H,9H2,1-3H3. The lowest BCUT2D eigenvalue weighted by molar-refractivity contribution is 0.0600. The van der Waals surface area contributed by atoms with Gasteiger partial charge in [0.1, 0.15) is 17.8 Å². The number of hydrogen-bond donors (Lipinski definition) is 1. The SMILES string of the molecule is COC(=O)c1coc(CNc2ccc(OC(C)C)cc2)c1. The van der Waals surface area contributed by atoms with Gasteiger partial charge in [0.15, 0.2) is 0 Å². The van der Waals surface area contributed by atoms with Crippen LogP contribution in [0.15, 0.2) is 41.0 Å². The van der Waals surface area contributed by atoms with E-state index in [9.17, 15) is 4.79 Å². The Hall–Kier alpha value is -2.43. The number of rotatable bonds is 6. The van der Waals surface area contributed by atoms with Crippen LogP contribution >= 0.6 is 0 Å². The van der Waals surface area contributed by atoms with Gasteiger partial charge in [-0.1, -0.05) is 0 Å². The number of ether oxygens (including phenoxy) is 2. The molecule has 0 aliphatic carbocycles. The molecule has 0 bridgehead atoms. The van der Waals surface area contributed by atoms with Gasteiger partial charge in [0.25, 0.3) is 0 Å². The van der Waals surface area contributed by atoms with Crippen LogP contribution in [0.2, 0.25) is 0 Å². The Morgan fingerprint density at radius 3 is 2.62 bits per heavy atom. The Bertz CT molecular complexity index is 587. The molecule has 2 rings (SSSR count). The molecule has 1 aromatic carbocycles. The highest BCUT2D eigenvalue weighted by Gasteiger charge is 2.09. The smallest absolute Gasteiger partial charge is 0.341 e. The molecule has 0 saturated carbocycles. The van der Waals surface area contributed by atoms with Crippen LogP contribution in [0.5, 0.6) is 5.75 Å². The van der Waals surface area contributed by atoms with Gasteiger partial charge in [-0.15, -0.1) is 0 Å². The Kier molecular flexibility index (Phi) is 4.87. The van der Waals surface area contributed by atoms with Gasteiger partial charge in [-0.2, -0.15) is 0 Å². The van der Waals surface area contributed by atoms with Crippen molar-refractivity contribution in [1.29, 1.82) is 0 Å². The number of carbonyl (C=O) groups excluding carboxylic acids is 1. The largest absolute Gasteiger partial charge is 0.491 e. The lowest BCUT2D eigenvalue weighted by Gasteiger charge is -2.10. The minimum Gasteiger partial charge on any atom is -0.491 e. The van der Waals surface area contributed by atoms with Crippen molar-refractivity contribution in [2.45, 2.75) is 26.5 Å². The molecule has 112 valence electrons. The topological polar surface area (TPSA) is 60.7 Å². The predicted octanol–water partition coefficient (Wildman–Crippen LogP) is 3.47. The van der Waals surface area contributed by atoms with Crippen LogP contribution in [-0.2, 0) is 11.3 Å². The summed E-state index contributed by atoms with van der Waals surface area (Å²) in [6.07, 6.45) is 1.55. The summed E-state index contributed by atoms with van der Waals surface area (Å²) >= 11 is 0. The van der Waals surface area contributed by atoms with Crippen molar-refractivity contribution in [2.75, 3.05) is 12.4 Å². The molecule has 5 heteroatoms. The third-order valence-corrected chi connectivity index (χ3v) is 2.77. The summed E-state index contributed by atoms with van der Waals surface area (Å²) in [5, 5.41) is 3.21. The molecule has 0 amide bonds. The van der Waals surface area contributed by atoms with E-state index in [1.165, 1.54) is 13.4 Å². The number of carbonyl (C=O) groups is 1. The lowest BCUT2D eigenvalue weighted by Crippen LogP contribution is -2.05. The minimum atomic E-state index is -0.403. The van der Waals surface area contributed by atoms with E-state index in [1.54, 1.807) is 6.07 Å². The molecule has 2 aromatic rings. The summed E-state index contributed by atoms with van der Waals surface area (Å²) in [4.78, 5) is 11.3. The second-order valence-corrected chi connectivity index (χ2v) is 4.84. The fourth-order valence-electron chi connectivity index (χ4n) is 1.81. The van der Waals surface area contributed by atoms with Gasteiger partial charge in [-0.25, -0.2) is 4.79 Å². The zero-order valence-electron chi connectivity index (χ0n) is 12.4. The first-order valence-electron chi connectivity index (χ1n) is 6.75. The third kappa shape index (κ3) is 4.27. The number of furan rings is 1. The van der Waals surface area contributed by atoms with Gasteiger partial charge in [0.2, 0.25) is 0 Å². The average Bonchev–Trinajstić information content (AvgIpc) is 2.94. The molecule has 1 N–H and O–H groups in total. The summed E-state index contributed by atoms with van der Waals surface area (Å²) < 4.78 is 15.5. The first kappa shape index (κ1) is 15.0. The van der Waals surface area contributed by atoms with Gasteiger partial charge in [-0.05, 0) is 44.2 Å². The van der Waals surface area contributed by atoms with Crippen LogP contribution < -0.4 is 10.1 Å². The highest BCUT2D eigenvalue weighted by molar-refractivity contribution is 5.88. The van der Waals surface area contributed by atoms with Crippen LogP contribution in [0.4, 0.5) is 5.69 Å². The third-order valence-electron chi connectivity index (χ3n) is 2.77. The zero-order valence-corrected chi connectivity index (χ0v) is 12.4. The first-order chi connectivity index (χ1) is 10.1. The van der Waals surface area contributed by atoms with E-state index in [4.69, 9.17) is 9.15 Å². The average molecular weight is 289 g/mol. The van der Waals surface area contributed by atoms with E-state index < -0.39 is 5.97 Å². The van der Waals surface area contributed by atoms with E-state index in [2.05, 4.69) is 10.1 Å². The highest BCUT2D eigenvalue weighted by Crippen LogP contribution is 2.18. The van der Waals surface area contributed by atoms with E-state index >= 15 is 0 Å². The molecule has 0 fully saturated rings. The van der Waals surface area contributed by atoms with E-state index in [0.29, 0.717) is 17.9 Å². The predicted molar refractivity (Wildman–Crippen MR) is 79.6 cm³/mol. The van der Waals surface area contributed by atoms with Crippen LogP contribution in [0, 0.1) is 0 Å². The fraction of sp³-hybridized carbons (Fsp3) is 0.312. The number of nitrogens with one attached hydrogen (secondary N) is 1. The Morgan fingerprint density at radius 2 is 2.00 bits per heavy atom. The van der Waals surface area contributed by atoms with Crippen molar-refractivity contribution in [3.05, 3.63) is 47.9 Å². The van der Waals surface area contributed by atoms with Gasteiger partial charge < -0.3 is 19.2 Å². The lowest BCUT2D eigenvalue weighted by atomic mass is 10.3. The van der Waals surface area contributed by atoms with Crippen molar-refractivity contribution < 1.29 is 18.7 Å². The summed E-state index contributed by atoms with van der Waals surface area (Å²) in [6.45, 7) is 4.46. The number of methoxy groups -OCH3 is 1. The Labute approximate surface area is 123 Å². The molecule has 21 heavy (non-hydrogen) atoms. The van der Waals surface area contributed by atoms with E-state index in [0.717, 1.165) is 11.4 Å². The molecule has 5 nitrogen and oxygen atoms in total. The van der Waals surface area contributed by atoms with Crippen LogP contribution in [0.25, 0.3) is 0 Å². The van der Waals surface area contributed by atoms with Crippen molar-refractivity contribution in [3.63, 3.8) is 0 Å². The van der Waals surface area contributed by atoms with Crippen LogP contribution in [-0.4, -0.2) is 19.2 Å². The molecule has 0 unspecified atom stereocenters. The molecule has 1 aromatic heterocycles. The molecule has 1 heterocycles. The van der Waals surface area contributed by atoms with Crippen molar-refractivity contribution in [1.82, 2.24) is 0 Å². The Balaban J connectivity index is 1.90. The molecular formula is C16H19NO4. The summed E-state index contributed by atoms with van der Waals surface area (Å²) in [5.41, 5.74) is 1.36.